The maximum Gasteiger partial charge on any atom is 0.0978 e. The normalized spacial score (nSPS) is 11.7. The molecule has 0 atom stereocenters. The first-order valence-corrected chi connectivity index (χ1v) is 18.1. The van der Waals surface area contributed by atoms with Crippen LogP contribution in [0.5, 0.6) is 0 Å². The van der Waals surface area contributed by atoms with Gasteiger partial charge < -0.3 is 0 Å². The standard InChI is InChI=1S/C49H29N5/c1-3-10-30(11-4-1)41-25-19-32-17-21-37-35(27-29-51-48(37)45(32)52-41)34-23-24-39(47-36(34)15-9-28-50-47)43-26-20-33-18-22-40-44(31-12-5-2-6-13-31)38-14-7-8-16-42(38)54-49(40)46(33)53-43/h1-29H. The summed E-state index contributed by atoms with van der Waals surface area (Å²) in [6.07, 6.45) is 3.75. The lowest BCUT2D eigenvalue weighted by atomic mass is 9.93. The summed E-state index contributed by atoms with van der Waals surface area (Å²) in [6.45, 7) is 0. The van der Waals surface area contributed by atoms with Crippen molar-refractivity contribution in [2.24, 2.45) is 0 Å². The summed E-state index contributed by atoms with van der Waals surface area (Å²) in [6, 6.07) is 56.9. The van der Waals surface area contributed by atoms with Crippen molar-refractivity contribution in [1.82, 2.24) is 24.9 Å². The van der Waals surface area contributed by atoms with E-state index in [9.17, 15) is 0 Å². The van der Waals surface area contributed by atoms with Crippen LogP contribution < -0.4 is 0 Å². The van der Waals surface area contributed by atoms with E-state index in [2.05, 4.69) is 133 Å². The van der Waals surface area contributed by atoms with E-state index in [0.29, 0.717) is 0 Å². The summed E-state index contributed by atoms with van der Waals surface area (Å²) in [5.41, 5.74) is 13.7. The van der Waals surface area contributed by atoms with Gasteiger partial charge in [-0.1, -0.05) is 127 Å². The predicted molar refractivity (Wildman–Crippen MR) is 222 cm³/mol. The van der Waals surface area contributed by atoms with Crippen LogP contribution in [0.15, 0.2) is 176 Å². The molecule has 5 heteroatoms. The van der Waals surface area contributed by atoms with Gasteiger partial charge in [-0.15, -0.1) is 0 Å². The van der Waals surface area contributed by atoms with Gasteiger partial charge in [-0.3, -0.25) is 9.97 Å². The number of fused-ring (bicyclic) bond motifs is 8. The van der Waals surface area contributed by atoms with Gasteiger partial charge in [0.1, 0.15) is 0 Å². The van der Waals surface area contributed by atoms with Crippen molar-refractivity contribution < 1.29 is 0 Å². The summed E-state index contributed by atoms with van der Waals surface area (Å²) in [5, 5.41) is 6.40. The van der Waals surface area contributed by atoms with E-state index in [1.54, 1.807) is 0 Å². The molecule has 5 aromatic heterocycles. The molecule has 0 saturated carbocycles. The van der Waals surface area contributed by atoms with Crippen molar-refractivity contribution in [1.29, 1.82) is 0 Å². The van der Waals surface area contributed by atoms with Crippen molar-refractivity contribution in [3.05, 3.63) is 176 Å². The van der Waals surface area contributed by atoms with Crippen molar-refractivity contribution in [2.45, 2.75) is 0 Å². The van der Waals surface area contributed by atoms with Gasteiger partial charge in [-0.2, -0.15) is 0 Å². The van der Waals surface area contributed by atoms with Crippen LogP contribution in [0, 0.1) is 0 Å². The monoisotopic (exact) mass is 687 g/mol. The quantitative estimate of drug-likeness (QED) is 0.136. The van der Waals surface area contributed by atoms with Gasteiger partial charge in [-0.25, -0.2) is 15.0 Å². The second kappa shape index (κ2) is 12.1. The summed E-state index contributed by atoms with van der Waals surface area (Å²) >= 11 is 0. The van der Waals surface area contributed by atoms with E-state index >= 15 is 0 Å². The number of hydrogen-bond acceptors (Lipinski definition) is 5. The number of aromatic nitrogens is 5. The third-order valence-electron chi connectivity index (χ3n) is 10.5. The molecule has 0 spiro atoms. The van der Waals surface area contributed by atoms with Crippen LogP contribution in [0.2, 0.25) is 0 Å². The van der Waals surface area contributed by atoms with E-state index in [1.165, 1.54) is 5.56 Å². The Labute approximate surface area is 310 Å². The Hall–Kier alpha value is -7.37. The van der Waals surface area contributed by atoms with Crippen LogP contribution >= 0.6 is 0 Å². The van der Waals surface area contributed by atoms with E-state index < -0.39 is 0 Å². The lowest BCUT2D eigenvalue weighted by Gasteiger charge is -2.15. The first-order chi connectivity index (χ1) is 26.8. The molecule has 5 heterocycles. The second-order valence-corrected chi connectivity index (χ2v) is 13.6. The van der Waals surface area contributed by atoms with Crippen LogP contribution in [0.25, 0.3) is 110 Å². The van der Waals surface area contributed by atoms with Crippen LogP contribution in [0.3, 0.4) is 0 Å². The van der Waals surface area contributed by atoms with E-state index in [0.717, 1.165) is 105 Å². The third kappa shape index (κ3) is 4.76. The van der Waals surface area contributed by atoms with Crippen LogP contribution in [-0.2, 0) is 0 Å². The summed E-state index contributed by atoms with van der Waals surface area (Å²) in [7, 11) is 0. The van der Waals surface area contributed by atoms with E-state index in [1.807, 2.05) is 42.7 Å². The fourth-order valence-corrected chi connectivity index (χ4v) is 8.02. The summed E-state index contributed by atoms with van der Waals surface area (Å²) in [4.78, 5) is 25.6. The first-order valence-electron chi connectivity index (χ1n) is 18.1. The van der Waals surface area contributed by atoms with Gasteiger partial charge >= 0.3 is 0 Å². The molecule has 0 bridgehead atoms. The van der Waals surface area contributed by atoms with Gasteiger partial charge in [0.25, 0.3) is 0 Å². The lowest BCUT2D eigenvalue weighted by molar-refractivity contribution is 1.36. The van der Waals surface area contributed by atoms with Crippen LogP contribution in [0.4, 0.5) is 0 Å². The molecule has 54 heavy (non-hydrogen) atoms. The van der Waals surface area contributed by atoms with E-state index in [4.69, 9.17) is 24.9 Å². The Morgan fingerprint density at radius 1 is 0.296 bits per heavy atom. The van der Waals surface area contributed by atoms with Gasteiger partial charge in [0.15, 0.2) is 0 Å². The molecule has 11 aromatic rings. The molecular weight excluding hydrogens is 659 g/mol. The maximum absolute atomic E-state index is 5.36. The molecule has 0 radical (unpaired) electrons. The molecule has 6 aromatic carbocycles. The van der Waals surface area contributed by atoms with Gasteiger partial charge in [0, 0.05) is 61.4 Å². The molecule has 250 valence electrons. The Morgan fingerprint density at radius 2 is 0.889 bits per heavy atom. The first kappa shape index (κ1) is 30.3. The summed E-state index contributed by atoms with van der Waals surface area (Å²) in [5.74, 6) is 0. The van der Waals surface area contributed by atoms with Crippen LogP contribution in [-0.4, -0.2) is 24.9 Å². The zero-order valence-electron chi connectivity index (χ0n) is 29.0. The fourth-order valence-electron chi connectivity index (χ4n) is 8.02. The molecule has 0 unspecified atom stereocenters. The molecule has 0 aliphatic heterocycles. The number of para-hydroxylation sites is 1. The van der Waals surface area contributed by atoms with Crippen LogP contribution in [0.1, 0.15) is 0 Å². The molecule has 0 aliphatic rings. The molecule has 0 aliphatic carbocycles. The Morgan fingerprint density at radius 3 is 1.72 bits per heavy atom. The smallest absolute Gasteiger partial charge is 0.0978 e. The highest BCUT2D eigenvalue weighted by Gasteiger charge is 2.18. The van der Waals surface area contributed by atoms with Crippen molar-refractivity contribution in [3.8, 4) is 44.8 Å². The fraction of sp³-hybridized carbons (Fsp3) is 0. The van der Waals surface area contributed by atoms with Gasteiger partial charge in [0.2, 0.25) is 0 Å². The number of nitrogens with zero attached hydrogens (tertiary/aromatic N) is 5. The molecule has 0 saturated heterocycles. The minimum atomic E-state index is 0.852. The van der Waals surface area contributed by atoms with Crippen molar-refractivity contribution in [2.75, 3.05) is 0 Å². The summed E-state index contributed by atoms with van der Waals surface area (Å²) < 4.78 is 0. The van der Waals surface area contributed by atoms with Gasteiger partial charge in [-0.05, 0) is 53.1 Å². The highest BCUT2D eigenvalue weighted by Crippen LogP contribution is 2.40. The van der Waals surface area contributed by atoms with Crippen molar-refractivity contribution in [3.63, 3.8) is 0 Å². The van der Waals surface area contributed by atoms with E-state index in [-0.39, 0.29) is 0 Å². The highest BCUT2D eigenvalue weighted by atomic mass is 14.8. The number of rotatable bonds is 4. The zero-order valence-corrected chi connectivity index (χ0v) is 29.0. The predicted octanol–water partition coefficient (Wildman–Crippen LogP) is 12.2. The molecule has 0 N–H and O–H groups in total. The molecule has 0 fully saturated rings. The average Bonchev–Trinajstić information content (AvgIpc) is 3.25. The maximum atomic E-state index is 5.36. The second-order valence-electron chi connectivity index (χ2n) is 13.6. The van der Waals surface area contributed by atoms with Gasteiger partial charge in [0.05, 0.1) is 44.5 Å². The average molecular weight is 688 g/mol. The number of pyridine rings is 5. The Bertz CT molecular complexity index is 3270. The molecule has 0 amide bonds. The third-order valence-corrected chi connectivity index (χ3v) is 10.5. The topological polar surface area (TPSA) is 64.5 Å². The molecule has 5 nitrogen and oxygen atoms in total. The van der Waals surface area contributed by atoms with Crippen molar-refractivity contribution >= 4 is 65.4 Å². The molecule has 11 rings (SSSR count). The number of benzene rings is 6. The Kier molecular flexibility index (Phi) is 6.79. The Balaban J connectivity index is 1.10. The lowest BCUT2D eigenvalue weighted by Crippen LogP contribution is -1.95. The zero-order chi connectivity index (χ0) is 35.6. The SMILES string of the molecule is c1ccc(-c2ccc3ccc4c(-c5ccc(-c6ccc7ccc8c(-c9ccccc9)c9ccccc9nc8c7n6)c6ncccc56)ccnc4c3n2)cc1. The highest BCUT2D eigenvalue weighted by molar-refractivity contribution is 6.17. The largest absolute Gasteiger partial charge is 0.256 e. The number of hydrogen-bond donors (Lipinski definition) is 0. The minimum absolute atomic E-state index is 0.852. The minimum Gasteiger partial charge on any atom is -0.256 e. The molecular formula is C49H29N5.